The highest BCUT2D eigenvalue weighted by atomic mass is 32.2. The Morgan fingerprint density at radius 3 is 2.96 bits per heavy atom. The Balaban J connectivity index is 2.23. The maximum atomic E-state index is 12.7. The van der Waals surface area contributed by atoms with Crippen LogP contribution < -0.4 is 15.8 Å². The number of nitrogen functional groups attached to an aromatic ring is 1. The van der Waals surface area contributed by atoms with Gasteiger partial charge in [0.1, 0.15) is 5.75 Å². The summed E-state index contributed by atoms with van der Waals surface area (Å²) in [5.74, 6) is -0.540. The molecule has 2 rings (SSSR count). The summed E-state index contributed by atoms with van der Waals surface area (Å²) in [4.78, 5) is 13.7. The van der Waals surface area contributed by atoms with E-state index in [4.69, 9.17) is 17.3 Å². The highest BCUT2D eigenvalue weighted by molar-refractivity contribution is 7.90. The van der Waals surface area contributed by atoms with E-state index in [1.165, 1.54) is 18.1 Å². The number of carbonyl (C=O) groups excluding carboxylic acids is 1. The molecule has 8 heteroatoms. The molecule has 0 aromatic heterocycles. The summed E-state index contributed by atoms with van der Waals surface area (Å²) in [7, 11) is -2.36. The molecule has 0 radical (unpaired) electrons. The number of nitrogens with one attached hydrogen (secondary N) is 1. The Morgan fingerprint density at radius 2 is 2.33 bits per heavy atom. The van der Waals surface area contributed by atoms with Gasteiger partial charge in [-0.2, -0.15) is 0 Å². The van der Waals surface area contributed by atoms with Gasteiger partial charge in [-0.3, -0.25) is 9.69 Å². The lowest BCUT2D eigenvalue weighted by Gasteiger charge is -2.23. The largest absolute Gasteiger partial charge is 0.496 e. The Morgan fingerprint density at radius 1 is 1.58 bits per heavy atom. The monoisotopic (exact) mass is 360 g/mol. The highest BCUT2D eigenvalue weighted by Gasteiger charge is 2.25. The third kappa shape index (κ3) is 3.99. The van der Waals surface area contributed by atoms with Gasteiger partial charge < -0.3 is 15.8 Å². The molecule has 3 N–H and O–H groups in total. The first-order valence-corrected chi connectivity index (χ1v) is 9.32. The van der Waals surface area contributed by atoms with Crippen molar-refractivity contribution in [3.05, 3.63) is 17.7 Å². The molecule has 1 saturated heterocycles. The summed E-state index contributed by atoms with van der Waals surface area (Å²) in [6, 6.07) is 1.87. The Labute approximate surface area is 150 Å². The number of amides is 1. The molecule has 0 bridgehead atoms. The molecule has 1 aliphatic heterocycles. The minimum atomic E-state index is -3.67. The molecule has 24 heavy (non-hydrogen) atoms. The molecule has 134 valence electrons. The van der Waals surface area contributed by atoms with Crippen molar-refractivity contribution in [1.82, 2.24) is 10.2 Å². The molecule has 1 fully saturated rings. The number of sulfone groups is 1. The van der Waals surface area contributed by atoms with Crippen molar-refractivity contribution in [3.8, 4) is 5.75 Å². The van der Waals surface area contributed by atoms with E-state index in [0.29, 0.717) is 12.8 Å². The van der Waals surface area contributed by atoms with Gasteiger partial charge in [-0.1, -0.05) is 6.85 Å². The summed E-state index contributed by atoms with van der Waals surface area (Å²) < 4.78 is 67.1. The van der Waals surface area contributed by atoms with Gasteiger partial charge in [0.2, 0.25) is 0 Å². The molecule has 7 nitrogen and oxygen atoms in total. The summed E-state index contributed by atoms with van der Waals surface area (Å²) in [6.45, 7) is -5.10. The van der Waals surface area contributed by atoms with Gasteiger partial charge in [0, 0.05) is 31.8 Å². The summed E-state index contributed by atoms with van der Waals surface area (Å²) >= 11 is 0. The highest BCUT2D eigenvalue weighted by Crippen LogP contribution is 2.28. The number of hydrogen-bond donors (Lipinski definition) is 2. The molecule has 1 amide bonds. The molecule has 1 atom stereocenters. The number of nitrogens with zero attached hydrogens (tertiary/aromatic N) is 1. The quantitative estimate of drug-likeness (QED) is 0.731. The molecule has 1 aromatic carbocycles. The number of likely N-dealkylation sites (tertiary alicyclic amines) is 1. The molecule has 1 aromatic rings. The predicted octanol–water partition coefficient (Wildman–Crippen LogP) is 0.895. The van der Waals surface area contributed by atoms with E-state index in [1.807, 2.05) is 0 Å². The summed E-state index contributed by atoms with van der Waals surface area (Å²) in [6.07, 6.45) is 2.09. The van der Waals surface area contributed by atoms with E-state index in [2.05, 4.69) is 5.32 Å². The Hall–Kier alpha value is -1.80. The van der Waals surface area contributed by atoms with Crippen LogP contribution in [-0.2, 0) is 9.84 Å². The first-order chi connectivity index (χ1) is 13.2. The zero-order valence-electron chi connectivity index (χ0n) is 18.6. The van der Waals surface area contributed by atoms with E-state index >= 15 is 0 Å². The molecule has 0 saturated carbocycles. The second-order valence-corrected chi connectivity index (χ2v) is 7.66. The summed E-state index contributed by atoms with van der Waals surface area (Å²) in [5, 5.41) is 2.62. The zero-order valence-corrected chi connectivity index (χ0v) is 14.4. The van der Waals surface area contributed by atoms with Gasteiger partial charge in [-0.25, -0.2) is 8.42 Å². The Bertz CT molecular complexity index is 889. The van der Waals surface area contributed by atoms with Crippen LogP contribution in [0, 0.1) is 0 Å². The van der Waals surface area contributed by atoms with Crippen LogP contribution in [0.3, 0.4) is 0 Å². The fourth-order valence-corrected chi connectivity index (χ4v) is 3.56. The van der Waals surface area contributed by atoms with Crippen LogP contribution in [0.4, 0.5) is 5.69 Å². The van der Waals surface area contributed by atoms with E-state index in [9.17, 15) is 13.2 Å². The van der Waals surface area contributed by atoms with Gasteiger partial charge in [-0.05, 0) is 31.9 Å². The van der Waals surface area contributed by atoms with Crippen molar-refractivity contribution < 1.29 is 24.8 Å². The average molecular weight is 360 g/mol. The second-order valence-electron chi connectivity index (χ2n) is 5.67. The number of nitrogens with two attached hydrogens (primary N) is 1. The minimum absolute atomic E-state index is 0.00381. The van der Waals surface area contributed by atoms with Crippen LogP contribution in [0.5, 0.6) is 5.75 Å². The fraction of sp³-hybridized carbons (Fsp3) is 0.562. The van der Waals surface area contributed by atoms with Gasteiger partial charge in [-0.15, -0.1) is 0 Å². The third-order valence-electron chi connectivity index (χ3n) is 4.00. The van der Waals surface area contributed by atoms with E-state index in [-0.39, 0.29) is 35.0 Å². The summed E-state index contributed by atoms with van der Waals surface area (Å²) in [5.41, 5.74) is 5.66. The number of likely N-dealkylation sites (N-methyl/N-ethyl adjacent to an activating group) is 1. The van der Waals surface area contributed by atoms with Crippen molar-refractivity contribution >= 4 is 21.4 Å². The minimum Gasteiger partial charge on any atom is -0.496 e. The maximum absolute atomic E-state index is 12.7. The Kier molecular flexibility index (Phi) is 3.87. The predicted molar refractivity (Wildman–Crippen MR) is 93.1 cm³/mol. The number of carbonyl (C=O) groups is 1. The first-order valence-electron chi connectivity index (χ1n) is 9.92. The SMILES string of the molecule is [2H]C([2H])([2H])C([2H])([2H])N1CCCC1CNC(=O)c1cc(S(C)(=O)=O)c(N)cc1OC. The molecule has 1 aliphatic rings. The van der Waals surface area contributed by atoms with Crippen molar-refractivity contribution in [2.75, 3.05) is 38.7 Å². The molecule has 1 unspecified atom stereocenters. The number of ether oxygens (including phenoxy) is 1. The zero-order chi connectivity index (χ0) is 22.2. The van der Waals surface area contributed by atoms with Crippen LogP contribution in [0.2, 0.25) is 0 Å². The van der Waals surface area contributed by atoms with Gasteiger partial charge in [0.25, 0.3) is 5.91 Å². The van der Waals surface area contributed by atoms with Gasteiger partial charge in [0.05, 0.1) is 23.3 Å². The second kappa shape index (κ2) is 7.40. The van der Waals surface area contributed by atoms with Crippen molar-refractivity contribution in [1.29, 1.82) is 0 Å². The molecule has 0 aliphatic carbocycles. The molecular formula is C16H25N3O4S. The van der Waals surface area contributed by atoms with Crippen LogP contribution in [0.1, 0.15) is 36.9 Å². The van der Waals surface area contributed by atoms with Crippen LogP contribution in [-0.4, -0.2) is 58.2 Å². The van der Waals surface area contributed by atoms with Crippen LogP contribution >= 0.6 is 0 Å². The topological polar surface area (TPSA) is 102 Å². The third-order valence-corrected chi connectivity index (χ3v) is 5.15. The lowest BCUT2D eigenvalue weighted by atomic mass is 10.1. The van der Waals surface area contributed by atoms with E-state index in [1.54, 1.807) is 0 Å². The lowest BCUT2D eigenvalue weighted by molar-refractivity contribution is 0.0938. The first kappa shape index (κ1) is 12.5. The smallest absolute Gasteiger partial charge is 0.255 e. The van der Waals surface area contributed by atoms with Crippen molar-refractivity contribution in [2.45, 2.75) is 30.6 Å². The standard InChI is InChI=1S/C16H25N3O4S/c1-4-19-7-5-6-11(19)10-18-16(20)12-8-15(24(3,21)22)13(17)9-14(12)23-2/h8-9,11H,4-7,10,17H2,1-3H3,(H,18,20)/i1D3,4D2. The number of rotatable bonds is 6. The van der Waals surface area contributed by atoms with Crippen LogP contribution in [0.25, 0.3) is 0 Å². The van der Waals surface area contributed by atoms with Gasteiger partial charge >= 0.3 is 0 Å². The van der Waals surface area contributed by atoms with Crippen LogP contribution in [0.15, 0.2) is 17.0 Å². The number of benzene rings is 1. The van der Waals surface area contributed by atoms with E-state index in [0.717, 1.165) is 12.3 Å². The van der Waals surface area contributed by atoms with Crippen molar-refractivity contribution in [3.63, 3.8) is 0 Å². The van der Waals surface area contributed by atoms with E-state index < -0.39 is 35.1 Å². The van der Waals surface area contributed by atoms with Gasteiger partial charge in [0.15, 0.2) is 9.84 Å². The fourth-order valence-electron chi connectivity index (χ4n) is 2.74. The normalized spacial score (nSPS) is 22.8. The lowest BCUT2D eigenvalue weighted by Crippen LogP contribution is -2.40. The molecular weight excluding hydrogens is 330 g/mol. The number of anilines is 1. The number of hydrogen-bond acceptors (Lipinski definition) is 6. The average Bonchev–Trinajstić information content (AvgIpc) is 3.06. The number of methoxy groups -OCH3 is 1. The maximum Gasteiger partial charge on any atom is 0.255 e. The molecule has 0 spiro atoms. The molecule has 1 heterocycles. The van der Waals surface area contributed by atoms with Crippen molar-refractivity contribution in [2.24, 2.45) is 0 Å².